The van der Waals surface area contributed by atoms with Gasteiger partial charge in [-0.15, -0.1) is 0 Å². The lowest BCUT2D eigenvalue weighted by molar-refractivity contribution is 0.624. The van der Waals surface area contributed by atoms with Crippen molar-refractivity contribution < 1.29 is 4.39 Å². The molecule has 18 heavy (non-hydrogen) atoms. The number of halogens is 2. The predicted molar refractivity (Wildman–Crippen MR) is 76.0 cm³/mol. The zero-order valence-corrected chi connectivity index (χ0v) is 12.0. The first-order valence-corrected chi connectivity index (χ1v) is 6.56. The molecule has 2 rings (SSSR count). The number of benzene rings is 2. The van der Waals surface area contributed by atoms with Gasteiger partial charge in [0.05, 0.1) is 6.04 Å². The van der Waals surface area contributed by atoms with Gasteiger partial charge in [0.2, 0.25) is 0 Å². The van der Waals surface area contributed by atoms with E-state index >= 15 is 0 Å². The highest BCUT2D eigenvalue weighted by atomic mass is 79.9. The van der Waals surface area contributed by atoms with Crippen molar-refractivity contribution in [3.8, 4) is 0 Å². The molecule has 0 spiro atoms. The van der Waals surface area contributed by atoms with Crippen LogP contribution in [0.5, 0.6) is 0 Å². The molecule has 1 unspecified atom stereocenters. The summed E-state index contributed by atoms with van der Waals surface area (Å²) in [7, 11) is 0. The number of hydrogen-bond acceptors (Lipinski definition) is 1. The van der Waals surface area contributed by atoms with E-state index in [4.69, 9.17) is 5.73 Å². The minimum atomic E-state index is -0.249. The first kappa shape index (κ1) is 13.2. The van der Waals surface area contributed by atoms with Crippen LogP contribution in [0, 0.1) is 19.7 Å². The molecule has 2 N–H and O–H groups in total. The topological polar surface area (TPSA) is 26.0 Å². The Bertz CT molecular complexity index is 529. The van der Waals surface area contributed by atoms with Crippen LogP contribution in [0.3, 0.4) is 0 Å². The fraction of sp³-hybridized carbons (Fsp3) is 0.200. The molecule has 0 saturated carbocycles. The van der Waals surface area contributed by atoms with Crippen LogP contribution in [-0.4, -0.2) is 0 Å². The zero-order valence-electron chi connectivity index (χ0n) is 10.4. The third-order valence-electron chi connectivity index (χ3n) is 3.06. The molecule has 0 amide bonds. The van der Waals surface area contributed by atoms with Crippen LogP contribution in [0.15, 0.2) is 40.9 Å². The molecule has 3 heteroatoms. The van der Waals surface area contributed by atoms with Crippen molar-refractivity contribution in [2.45, 2.75) is 19.9 Å². The molecule has 0 aliphatic carbocycles. The Labute approximate surface area is 115 Å². The van der Waals surface area contributed by atoms with Gasteiger partial charge in [-0.05, 0) is 54.3 Å². The molecule has 1 nitrogen and oxygen atoms in total. The molecule has 0 radical (unpaired) electrons. The van der Waals surface area contributed by atoms with Crippen molar-refractivity contribution in [2.24, 2.45) is 5.73 Å². The summed E-state index contributed by atoms with van der Waals surface area (Å²) in [6.45, 7) is 3.91. The lowest BCUT2D eigenvalue weighted by atomic mass is 9.95. The van der Waals surface area contributed by atoms with Crippen LogP contribution in [0.1, 0.15) is 28.3 Å². The second kappa shape index (κ2) is 5.21. The third kappa shape index (κ3) is 2.62. The molecule has 2 aromatic carbocycles. The SMILES string of the molecule is Cc1ccc(C(N)c2ccc(F)cc2C)c(Br)c1. The van der Waals surface area contributed by atoms with Gasteiger partial charge in [-0.1, -0.05) is 34.1 Å². The summed E-state index contributed by atoms with van der Waals surface area (Å²) in [4.78, 5) is 0. The second-order valence-electron chi connectivity index (χ2n) is 4.50. The Morgan fingerprint density at radius 2 is 1.72 bits per heavy atom. The Balaban J connectivity index is 2.44. The minimum Gasteiger partial charge on any atom is -0.320 e. The normalized spacial score (nSPS) is 12.5. The first-order valence-electron chi connectivity index (χ1n) is 5.76. The standard InChI is InChI=1S/C15H15BrFN/c1-9-3-5-13(14(16)7-9)15(18)12-6-4-11(17)8-10(12)2/h3-8,15H,18H2,1-2H3. The molecule has 0 bridgehead atoms. The van der Waals surface area contributed by atoms with Gasteiger partial charge >= 0.3 is 0 Å². The van der Waals surface area contributed by atoms with Crippen molar-refractivity contribution in [3.63, 3.8) is 0 Å². The third-order valence-corrected chi connectivity index (χ3v) is 3.74. The van der Waals surface area contributed by atoms with Crippen LogP contribution in [-0.2, 0) is 0 Å². The monoisotopic (exact) mass is 307 g/mol. The van der Waals surface area contributed by atoms with E-state index in [1.807, 2.05) is 32.0 Å². The van der Waals surface area contributed by atoms with Gasteiger partial charge in [-0.25, -0.2) is 4.39 Å². The van der Waals surface area contributed by atoms with Gasteiger partial charge < -0.3 is 5.73 Å². The van der Waals surface area contributed by atoms with E-state index in [9.17, 15) is 4.39 Å². The van der Waals surface area contributed by atoms with Crippen molar-refractivity contribution >= 4 is 15.9 Å². The quantitative estimate of drug-likeness (QED) is 0.881. The summed E-state index contributed by atoms with van der Waals surface area (Å²) in [5.41, 5.74) is 10.3. The highest BCUT2D eigenvalue weighted by molar-refractivity contribution is 9.10. The summed E-state index contributed by atoms with van der Waals surface area (Å²) in [5.74, 6) is -0.230. The largest absolute Gasteiger partial charge is 0.320 e. The Hall–Kier alpha value is -1.19. The van der Waals surface area contributed by atoms with Crippen molar-refractivity contribution in [1.82, 2.24) is 0 Å². The lowest BCUT2D eigenvalue weighted by Gasteiger charge is -2.17. The summed E-state index contributed by atoms with van der Waals surface area (Å²) in [5, 5.41) is 0. The van der Waals surface area contributed by atoms with Crippen molar-refractivity contribution in [3.05, 3.63) is 68.9 Å². The van der Waals surface area contributed by atoms with Gasteiger partial charge in [-0.2, -0.15) is 0 Å². The highest BCUT2D eigenvalue weighted by Crippen LogP contribution is 2.29. The van der Waals surface area contributed by atoms with Gasteiger partial charge in [0.25, 0.3) is 0 Å². The Morgan fingerprint density at radius 1 is 1.06 bits per heavy atom. The smallest absolute Gasteiger partial charge is 0.123 e. The van der Waals surface area contributed by atoms with Crippen LogP contribution in [0.2, 0.25) is 0 Å². The Kier molecular flexibility index (Phi) is 3.83. The molecule has 0 heterocycles. The second-order valence-corrected chi connectivity index (χ2v) is 5.36. The zero-order chi connectivity index (χ0) is 13.3. The molecule has 2 aromatic rings. The molecule has 0 fully saturated rings. The first-order chi connectivity index (χ1) is 8.49. The maximum atomic E-state index is 13.1. The molecule has 0 aliphatic heterocycles. The molecular weight excluding hydrogens is 293 g/mol. The number of nitrogens with two attached hydrogens (primary N) is 1. The van der Waals surface area contributed by atoms with Crippen LogP contribution >= 0.6 is 15.9 Å². The average Bonchev–Trinajstić information content (AvgIpc) is 2.28. The van der Waals surface area contributed by atoms with Crippen LogP contribution < -0.4 is 5.73 Å². The van der Waals surface area contributed by atoms with E-state index in [0.29, 0.717) is 0 Å². The van der Waals surface area contributed by atoms with Crippen molar-refractivity contribution in [2.75, 3.05) is 0 Å². The molecule has 0 saturated heterocycles. The lowest BCUT2D eigenvalue weighted by Crippen LogP contribution is -2.14. The average molecular weight is 308 g/mol. The molecule has 94 valence electrons. The fourth-order valence-corrected chi connectivity index (χ4v) is 2.78. The molecular formula is C15H15BrFN. The Morgan fingerprint density at radius 3 is 2.33 bits per heavy atom. The van der Waals surface area contributed by atoms with Crippen LogP contribution in [0.25, 0.3) is 0 Å². The van der Waals surface area contributed by atoms with E-state index in [-0.39, 0.29) is 11.9 Å². The summed E-state index contributed by atoms with van der Waals surface area (Å²) >= 11 is 3.53. The maximum absolute atomic E-state index is 13.1. The van der Waals surface area contributed by atoms with Gasteiger partial charge in [0.15, 0.2) is 0 Å². The van der Waals surface area contributed by atoms with Gasteiger partial charge in [-0.3, -0.25) is 0 Å². The predicted octanol–water partition coefficient (Wildman–Crippen LogP) is 4.25. The summed E-state index contributed by atoms with van der Waals surface area (Å²) in [6.07, 6.45) is 0. The van der Waals surface area contributed by atoms with E-state index in [1.54, 1.807) is 6.07 Å². The summed E-state index contributed by atoms with van der Waals surface area (Å²) in [6, 6.07) is 10.5. The van der Waals surface area contributed by atoms with E-state index in [1.165, 1.54) is 17.7 Å². The number of aryl methyl sites for hydroxylation is 2. The minimum absolute atomic E-state index is 0.230. The number of hydrogen-bond donors (Lipinski definition) is 1. The van der Waals surface area contributed by atoms with Gasteiger partial charge in [0.1, 0.15) is 5.82 Å². The van der Waals surface area contributed by atoms with E-state index in [2.05, 4.69) is 15.9 Å². The van der Waals surface area contributed by atoms with Gasteiger partial charge in [0, 0.05) is 4.47 Å². The molecule has 0 aliphatic rings. The highest BCUT2D eigenvalue weighted by Gasteiger charge is 2.14. The van der Waals surface area contributed by atoms with Crippen LogP contribution in [0.4, 0.5) is 4.39 Å². The maximum Gasteiger partial charge on any atom is 0.123 e. The molecule has 1 atom stereocenters. The summed E-state index contributed by atoms with van der Waals surface area (Å²) < 4.78 is 14.1. The van der Waals surface area contributed by atoms with E-state index in [0.717, 1.165) is 21.2 Å². The van der Waals surface area contributed by atoms with Crippen molar-refractivity contribution in [1.29, 1.82) is 0 Å². The number of rotatable bonds is 2. The molecule has 0 aromatic heterocycles. The fourth-order valence-electron chi connectivity index (χ4n) is 2.04. The van der Waals surface area contributed by atoms with E-state index < -0.39 is 0 Å².